The van der Waals surface area contributed by atoms with Gasteiger partial charge in [0.15, 0.2) is 0 Å². The van der Waals surface area contributed by atoms with Crippen molar-refractivity contribution < 1.29 is 19.0 Å². The van der Waals surface area contributed by atoms with Crippen LogP contribution in [-0.2, 0) is 4.74 Å². The number of aromatic nitrogens is 2. The van der Waals surface area contributed by atoms with Gasteiger partial charge in [0, 0.05) is 24.8 Å². The molecule has 0 amide bonds. The second-order valence-corrected chi connectivity index (χ2v) is 5.24. The minimum Gasteiger partial charge on any atom is -0.478 e. The Morgan fingerprint density at radius 3 is 2.95 bits per heavy atom. The number of halogens is 2. The SMILES string of the molecule is O=C(O)c1cn(-c2ccc(Cl)c(F)c2)nc1C1CCOC1. The van der Waals surface area contributed by atoms with Gasteiger partial charge in [-0.1, -0.05) is 11.6 Å². The molecule has 0 saturated carbocycles. The Kier molecular flexibility index (Phi) is 3.65. The molecule has 0 radical (unpaired) electrons. The third-order valence-corrected chi connectivity index (χ3v) is 3.76. The van der Waals surface area contributed by atoms with Gasteiger partial charge in [-0.25, -0.2) is 13.9 Å². The molecule has 2 heterocycles. The van der Waals surface area contributed by atoms with Crippen molar-refractivity contribution in [3.8, 4) is 5.69 Å². The lowest BCUT2D eigenvalue weighted by Crippen LogP contribution is -2.06. The first kappa shape index (κ1) is 14.0. The smallest absolute Gasteiger partial charge is 0.339 e. The second-order valence-electron chi connectivity index (χ2n) is 4.84. The number of aromatic carboxylic acids is 1. The third-order valence-electron chi connectivity index (χ3n) is 3.46. The van der Waals surface area contributed by atoms with E-state index in [0.29, 0.717) is 24.6 Å². The molecule has 5 nitrogen and oxygen atoms in total. The fraction of sp³-hybridized carbons (Fsp3) is 0.286. The summed E-state index contributed by atoms with van der Waals surface area (Å²) in [5.74, 6) is -1.68. The van der Waals surface area contributed by atoms with E-state index in [1.807, 2.05) is 0 Å². The number of carboxylic acids is 1. The Balaban J connectivity index is 2.04. The fourth-order valence-electron chi connectivity index (χ4n) is 2.36. The van der Waals surface area contributed by atoms with Gasteiger partial charge < -0.3 is 9.84 Å². The summed E-state index contributed by atoms with van der Waals surface area (Å²) in [6.45, 7) is 1.04. The molecule has 1 atom stereocenters. The number of nitrogens with zero attached hydrogens (tertiary/aromatic N) is 2. The summed E-state index contributed by atoms with van der Waals surface area (Å²) >= 11 is 5.64. The maximum absolute atomic E-state index is 13.5. The maximum atomic E-state index is 13.5. The minimum absolute atomic E-state index is 0.00813. The summed E-state index contributed by atoms with van der Waals surface area (Å²) in [5, 5.41) is 13.6. The third kappa shape index (κ3) is 2.64. The predicted octanol–water partition coefficient (Wildman–Crippen LogP) is 2.87. The van der Waals surface area contributed by atoms with Crippen LogP contribution >= 0.6 is 11.6 Å². The molecule has 1 fully saturated rings. The summed E-state index contributed by atoms with van der Waals surface area (Å²) in [5.41, 5.74) is 1.00. The lowest BCUT2D eigenvalue weighted by molar-refractivity contribution is 0.0695. The van der Waals surface area contributed by atoms with Crippen molar-refractivity contribution in [2.24, 2.45) is 0 Å². The van der Waals surface area contributed by atoms with Gasteiger partial charge in [0.2, 0.25) is 0 Å². The second kappa shape index (κ2) is 5.46. The fourth-order valence-corrected chi connectivity index (χ4v) is 2.48. The molecule has 1 saturated heterocycles. The molecule has 1 aromatic carbocycles. The minimum atomic E-state index is -1.06. The Morgan fingerprint density at radius 2 is 2.33 bits per heavy atom. The molecule has 21 heavy (non-hydrogen) atoms. The van der Waals surface area contributed by atoms with Gasteiger partial charge in [0.05, 0.1) is 23.0 Å². The first-order chi connectivity index (χ1) is 10.1. The zero-order chi connectivity index (χ0) is 15.0. The largest absolute Gasteiger partial charge is 0.478 e. The van der Waals surface area contributed by atoms with Crippen LogP contribution in [0.4, 0.5) is 4.39 Å². The average Bonchev–Trinajstić information content (AvgIpc) is 3.09. The summed E-state index contributed by atoms with van der Waals surface area (Å²) in [6, 6.07) is 4.21. The Bertz CT molecular complexity index is 696. The molecular formula is C14H12ClFN2O3. The van der Waals surface area contributed by atoms with Crippen molar-refractivity contribution in [1.29, 1.82) is 0 Å². The van der Waals surface area contributed by atoms with Crippen molar-refractivity contribution in [3.63, 3.8) is 0 Å². The van der Waals surface area contributed by atoms with Gasteiger partial charge in [0.1, 0.15) is 11.4 Å². The zero-order valence-electron chi connectivity index (χ0n) is 10.9. The van der Waals surface area contributed by atoms with Gasteiger partial charge in [-0.2, -0.15) is 5.10 Å². The van der Waals surface area contributed by atoms with Gasteiger partial charge >= 0.3 is 5.97 Å². The van der Waals surface area contributed by atoms with Gasteiger partial charge in [-0.05, 0) is 18.6 Å². The van der Waals surface area contributed by atoms with Crippen molar-refractivity contribution in [2.75, 3.05) is 13.2 Å². The lowest BCUT2D eigenvalue weighted by atomic mass is 10.0. The predicted molar refractivity (Wildman–Crippen MR) is 73.7 cm³/mol. The van der Waals surface area contributed by atoms with E-state index in [4.69, 9.17) is 16.3 Å². The quantitative estimate of drug-likeness (QED) is 0.946. The first-order valence-electron chi connectivity index (χ1n) is 6.42. The van der Waals surface area contributed by atoms with Crippen LogP contribution in [0.2, 0.25) is 5.02 Å². The normalized spacial score (nSPS) is 18.1. The van der Waals surface area contributed by atoms with E-state index < -0.39 is 11.8 Å². The van der Waals surface area contributed by atoms with E-state index in [1.165, 1.54) is 23.0 Å². The van der Waals surface area contributed by atoms with Crippen LogP contribution in [0.25, 0.3) is 5.69 Å². The number of carboxylic acid groups (broad SMARTS) is 1. The molecule has 7 heteroatoms. The highest BCUT2D eigenvalue weighted by atomic mass is 35.5. The van der Waals surface area contributed by atoms with E-state index in [1.54, 1.807) is 6.07 Å². The molecule has 2 aromatic rings. The molecule has 0 spiro atoms. The highest BCUT2D eigenvalue weighted by molar-refractivity contribution is 6.30. The van der Waals surface area contributed by atoms with E-state index in [-0.39, 0.29) is 16.5 Å². The van der Waals surface area contributed by atoms with Crippen LogP contribution < -0.4 is 0 Å². The van der Waals surface area contributed by atoms with Crippen molar-refractivity contribution in [1.82, 2.24) is 9.78 Å². The zero-order valence-corrected chi connectivity index (χ0v) is 11.7. The maximum Gasteiger partial charge on any atom is 0.339 e. The summed E-state index contributed by atoms with van der Waals surface area (Å²) in [7, 11) is 0. The van der Waals surface area contributed by atoms with Gasteiger partial charge in [-0.15, -0.1) is 0 Å². The highest BCUT2D eigenvalue weighted by Gasteiger charge is 2.27. The molecule has 110 valence electrons. The van der Waals surface area contributed by atoms with E-state index in [0.717, 1.165) is 6.42 Å². The summed E-state index contributed by atoms with van der Waals surface area (Å²) in [4.78, 5) is 11.4. The molecule has 0 bridgehead atoms. The molecule has 1 unspecified atom stereocenters. The van der Waals surface area contributed by atoms with Crippen LogP contribution in [-0.4, -0.2) is 34.1 Å². The first-order valence-corrected chi connectivity index (χ1v) is 6.80. The van der Waals surface area contributed by atoms with Crippen LogP contribution in [0.1, 0.15) is 28.4 Å². The Hall–Kier alpha value is -1.92. The van der Waals surface area contributed by atoms with E-state index in [2.05, 4.69) is 5.10 Å². The van der Waals surface area contributed by atoms with Crippen molar-refractivity contribution in [3.05, 3.63) is 46.5 Å². The van der Waals surface area contributed by atoms with Crippen LogP contribution in [0.5, 0.6) is 0 Å². The van der Waals surface area contributed by atoms with E-state index >= 15 is 0 Å². The van der Waals surface area contributed by atoms with Crippen molar-refractivity contribution in [2.45, 2.75) is 12.3 Å². The summed E-state index contributed by atoms with van der Waals surface area (Å²) in [6.07, 6.45) is 2.12. The molecule has 1 aromatic heterocycles. The number of rotatable bonds is 3. The molecular weight excluding hydrogens is 299 g/mol. The van der Waals surface area contributed by atoms with Gasteiger partial charge in [0.25, 0.3) is 0 Å². The molecule has 3 rings (SSSR count). The van der Waals surface area contributed by atoms with Crippen molar-refractivity contribution >= 4 is 17.6 Å². The van der Waals surface area contributed by atoms with E-state index in [9.17, 15) is 14.3 Å². The summed E-state index contributed by atoms with van der Waals surface area (Å²) < 4.78 is 20.2. The average molecular weight is 311 g/mol. The van der Waals surface area contributed by atoms with Crippen LogP contribution in [0.3, 0.4) is 0 Å². The number of carbonyl (C=O) groups is 1. The number of ether oxygens (including phenoxy) is 1. The molecule has 1 aliphatic rings. The lowest BCUT2D eigenvalue weighted by Gasteiger charge is -2.05. The number of hydrogen-bond donors (Lipinski definition) is 1. The molecule has 1 aliphatic heterocycles. The number of hydrogen-bond acceptors (Lipinski definition) is 3. The Morgan fingerprint density at radius 1 is 1.52 bits per heavy atom. The highest BCUT2D eigenvalue weighted by Crippen LogP contribution is 2.28. The standard InChI is InChI=1S/C14H12ClFN2O3/c15-11-2-1-9(5-12(11)16)18-6-10(14(19)20)13(17-18)8-3-4-21-7-8/h1-2,5-6,8H,3-4,7H2,(H,19,20). The monoisotopic (exact) mass is 310 g/mol. The molecule has 1 N–H and O–H groups in total. The Labute approximate surface area is 124 Å². The topological polar surface area (TPSA) is 64.3 Å². The number of benzene rings is 1. The van der Waals surface area contributed by atoms with Crippen LogP contribution in [0, 0.1) is 5.82 Å². The van der Waals surface area contributed by atoms with Gasteiger partial charge in [-0.3, -0.25) is 0 Å². The van der Waals surface area contributed by atoms with Crippen LogP contribution in [0.15, 0.2) is 24.4 Å². The molecule has 0 aliphatic carbocycles.